The Labute approximate surface area is 187 Å². The highest BCUT2D eigenvalue weighted by molar-refractivity contribution is 5.31. The van der Waals surface area contributed by atoms with Crippen molar-refractivity contribution < 1.29 is 0 Å². The zero-order valence-electron chi connectivity index (χ0n) is 21.6. The lowest BCUT2D eigenvalue weighted by Gasteiger charge is -2.64. The lowest BCUT2D eigenvalue weighted by Crippen LogP contribution is -2.59. The molecule has 5 saturated carbocycles. The average molecular weight is 415 g/mol. The van der Waals surface area contributed by atoms with E-state index in [0.717, 1.165) is 23.8 Å². The van der Waals surface area contributed by atoms with Gasteiger partial charge in [0.25, 0.3) is 0 Å². The summed E-state index contributed by atoms with van der Waals surface area (Å²) in [6, 6.07) is 1.48. The lowest BCUT2D eigenvalue weighted by molar-refractivity contribution is -0.152. The molecule has 2 spiro atoms. The third kappa shape index (κ3) is 2.29. The summed E-state index contributed by atoms with van der Waals surface area (Å²) >= 11 is 0. The van der Waals surface area contributed by atoms with E-state index in [2.05, 4.69) is 72.6 Å². The summed E-state index contributed by atoms with van der Waals surface area (Å²) in [6.45, 7) is 13.3. The molecule has 5 fully saturated rings. The maximum absolute atomic E-state index is 2.77. The molecule has 7 unspecified atom stereocenters. The van der Waals surface area contributed by atoms with Gasteiger partial charge in [-0.05, 0) is 138 Å². The second kappa shape index (κ2) is 6.28. The zero-order valence-corrected chi connectivity index (χ0v) is 21.6. The first-order valence-electron chi connectivity index (χ1n) is 13.2. The predicted molar refractivity (Wildman–Crippen MR) is 128 cm³/mol. The van der Waals surface area contributed by atoms with Gasteiger partial charge in [0.2, 0.25) is 0 Å². The Morgan fingerprint density at radius 2 is 1.33 bits per heavy atom. The van der Waals surface area contributed by atoms with Crippen molar-refractivity contribution in [2.45, 2.75) is 104 Å². The maximum Gasteiger partial charge on any atom is 0.0143 e. The Morgan fingerprint density at radius 3 is 1.97 bits per heavy atom. The van der Waals surface area contributed by atoms with Crippen molar-refractivity contribution in [1.82, 2.24) is 9.80 Å². The fraction of sp³-hybridized carbons (Fsp3) is 1.00. The van der Waals surface area contributed by atoms with Crippen molar-refractivity contribution in [2.75, 3.05) is 28.2 Å². The molecule has 0 saturated heterocycles. The van der Waals surface area contributed by atoms with Gasteiger partial charge in [0, 0.05) is 12.1 Å². The molecular weight excluding hydrogens is 364 g/mol. The van der Waals surface area contributed by atoms with Gasteiger partial charge in [0.15, 0.2) is 0 Å². The minimum absolute atomic E-state index is 0.468. The van der Waals surface area contributed by atoms with Crippen LogP contribution in [-0.4, -0.2) is 50.1 Å². The Balaban J connectivity index is 1.48. The quantitative estimate of drug-likeness (QED) is 0.534. The highest BCUT2D eigenvalue weighted by Gasteiger charge is 2.82. The molecule has 2 nitrogen and oxygen atoms in total. The van der Waals surface area contributed by atoms with Gasteiger partial charge in [-0.25, -0.2) is 0 Å². The molecule has 0 aromatic heterocycles. The minimum atomic E-state index is 0.468. The summed E-state index contributed by atoms with van der Waals surface area (Å²) in [7, 11) is 9.27. The highest BCUT2D eigenvalue weighted by Crippen LogP contribution is 2.89. The molecule has 0 aliphatic heterocycles. The molecule has 5 rings (SSSR count). The normalized spacial score (nSPS) is 54.9. The molecule has 0 amide bonds. The summed E-state index contributed by atoms with van der Waals surface area (Å²) < 4.78 is 0. The summed E-state index contributed by atoms with van der Waals surface area (Å²) in [4.78, 5) is 5.06. The Kier molecular flexibility index (Phi) is 4.55. The maximum atomic E-state index is 2.77. The number of fused-ring (bicyclic) bond motifs is 2. The molecule has 0 aromatic rings. The van der Waals surface area contributed by atoms with Crippen molar-refractivity contribution in [2.24, 2.45) is 44.8 Å². The Bertz CT molecular complexity index is 711. The molecule has 0 heterocycles. The van der Waals surface area contributed by atoms with E-state index in [-0.39, 0.29) is 0 Å². The molecule has 0 radical (unpaired) electrons. The van der Waals surface area contributed by atoms with Gasteiger partial charge < -0.3 is 9.80 Å². The second-order valence-electron chi connectivity index (χ2n) is 14.2. The monoisotopic (exact) mass is 414 g/mol. The van der Waals surface area contributed by atoms with Crippen LogP contribution >= 0.6 is 0 Å². The zero-order chi connectivity index (χ0) is 21.9. The molecule has 0 bridgehead atoms. The standard InChI is InChI=1S/C28H50N2/c1-19(29(6)7)20-12-14-26(5)22-11-10-21-24(2,3)23(30(8)9)13-15-27(21)18-28(22,27)17-16-25(20,26)4/h19-23H,10-18H2,1-9H3/t19-,20?,21?,22?,23?,25?,26-,27?,28?/m0/s1. The van der Waals surface area contributed by atoms with Crippen molar-refractivity contribution in [3.63, 3.8) is 0 Å². The van der Waals surface area contributed by atoms with E-state index in [1.807, 2.05) is 0 Å². The van der Waals surface area contributed by atoms with Crippen molar-refractivity contribution in [3.8, 4) is 0 Å². The molecule has 2 heteroatoms. The molecule has 172 valence electrons. The first-order chi connectivity index (χ1) is 13.9. The summed E-state index contributed by atoms with van der Waals surface area (Å²) in [6.07, 6.45) is 13.5. The lowest BCUT2D eigenvalue weighted by atomic mass is 9.41. The van der Waals surface area contributed by atoms with Crippen LogP contribution in [0.2, 0.25) is 0 Å². The van der Waals surface area contributed by atoms with Crippen LogP contribution < -0.4 is 0 Å². The predicted octanol–water partition coefficient (Wildman–Crippen LogP) is 6.31. The Hall–Kier alpha value is -0.0800. The van der Waals surface area contributed by atoms with Crippen LogP contribution in [0.3, 0.4) is 0 Å². The molecule has 0 aromatic carbocycles. The van der Waals surface area contributed by atoms with Crippen molar-refractivity contribution in [1.29, 1.82) is 0 Å². The summed E-state index contributed by atoms with van der Waals surface area (Å²) in [5, 5.41) is 0. The van der Waals surface area contributed by atoms with Gasteiger partial charge in [-0.2, -0.15) is 0 Å². The highest BCUT2D eigenvalue weighted by atomic mass is 15.1. The van der Waals surface area contributed by atoms with Gasteiger partial charge in [0.1, 0.15) is 0 Å². The van der Waals surface area contributed by atoms with E-state index in [9.17, 15) is 0 Å². The van der Waals surface area contributed by atoms with Crippen LogP contribution in [0.4, 0.5) is 0 Å². The third-order valence-electron chi connectivity index (χ3n) is 13.2. The second-order valence-corrected chi connectivity index (χ2v) is 14.2. The first-order valence-corrected chi connectivity index (χ1v) is 13.2. The third-order valence-corrected chi connectivity index (χ3v) is 13.2. The largest absolute Gasteiger partial charge is 0.306 e. The summed E-state index contributed by atoms with van der Waals surface area (Å²) in [5.74, 6) is 2.82. The molecular formula is C28H50N2. The SMILES string of the molecule is C[C@@H](C1CC[C@@]2(C)C3CCC4C(C)(C)C(N(C)C)CCC45CC35CCC12C)N(C)C. The van der Waals surface area contributed by atoms with E-state index in [1.54, 1.807) is 12.8 Å². The number of rotatable bonds is 3. The van der Waals surface area contributed by atoms with E-state index < -0.39 is 0 Å². The van der Waals surface area contributed by atoms with Gasteiger partial charge in [-0.15, -0.1) is 0 Å². The van der Waals surface area contributed by atoms with E-state index in [0.29, 0.717) is 33.1 Å². The van der Waals surface area contributed by atoms with Crippen molar-refractivity contribution in [3.05, 3.63) is 0 Å². The van der Waals surface area contributed by atoms with Gasteiger partial charge in [-0.1, -0.05) is 27.7 Å². The molecule has 5 aliphatic carbocycles. The van der Waals surface area contributed by atoms with Gasteiger partial charge >= 0.3 is 0 Å². The molecule has 0 N–H and O–H groups in total. The minimum Gasteiger partial charge on any atom is -0.306 e. The van der Waals surface area contributed by atoms with Crippen LogP contribution in [-0.2, 0) is 0 Å². The van der Waals surface area contributed by atoms with Crippen LogP contribution in [0.25, 0.3) is 0 Å². The summed E-state index contributed by atoms with van der Waals surface area (Å²) in [5.41, 5.74) is 2.97. The van der Waals surface area contributed by atoms with Crippen LogP contribution in [0.5, 0.6) is 0 Å². The van der Waals surface area contributed by atoms with E-state index >= 15 is 0 Å². The Morgan fingerprint density at radius 1 is 0.700 bits per heavy atom. The van der Waals surface area contributed by atoms with Crippen LogP contribution in [0.1, 0.15) is 92.4 Å². The fourth-order valence-corrected chi connectivity index (χ4v) is 11.4. The number of nitrogens with zero attached hydrogens (tertiary/aromatic N) is 2. The van der Waals surface area contributed by atoms with Gasteiger partial charge in [-0.3, -0.25) is 0 Å². The number of hydrogen-bond acceptors (Lipinski definition) is 2. The fourth-order valence-electron chi connectivity index (χ4n) is 11.4. The van der Waals surface area contributed by atoms with E-state index in [1.165, 1.54) is 44.9 Å². The van der Waals surface area contributed by atoms with Crippen molar-refractivity contribution >= 4 is 0 Å². The number of hydrogen-bond donors (Lipinski definition) is 0. The first kappa shape index (κ1) is 21.7. The molecule has 30 heavy (non-hydrogen) atoms. The molecule has 5 aliphatic rings. The van der Waals surface area contributed by atoms with Crippen LogP contribution in [0.15, 0.2) is 0 Å². The molecule has 9 atom stereocenters. The van der Waals surface area contributed by atoms with E-state index in [4.69, 9.17) is 0 Å². The van der Waals surface area contributed by atoms with Crippen LogP contribution in [0, 0.1) is 44.8 Å². The topological polar surface area (TPSA) is 6.48 Å². The van der Waals surface area contributed by atoms with Gasteiger partial charge in [0.05, 0.1) is 0 Å². The average Bonchev–Trinajstić information content (AvgIpc) is 3.23. The smallest absolute Gasteiger partial charge is 0.0143 e.